The Morgan fingerprint density at radius 2 is 2.08 bits per heavy atom. The molecule has 0 radical (unpaired) electrons. The molecule has 4 rings (SSSR count). The molecule has 24 heavy (non-hydrogen) atoms. The maximum atomic E-state index is 12.6. The Balaban J connectivity index is 1.88. The number of rotatable bonds is 3. The van der Waals surface area contributed by atoms with Gasteiger partial charge in [-0.2, -0.15) is 0 Å². The van der Waals surface area contributed by atoms with Crippen molar-refractivity contribution in [2.75, 3.05) is 0 Å². The Labute approximate surface area is 141 Å². The Hall–Kier alpha value is -2.74. The molecule has 0 bridgehead atoms. The molecule has 4 heterocycles. The van der Waals surface area contributed by atoms with Gasteiger partial charge in [0.2, 0.25) is 0 Å². The SMILES string of the molecule is Cc1ccc(-c2cnc3c(c2)n(Cc2cn(C)nn2)c(=O)n3C)s1. The van der Waals surface area contributed by atoms with Gasteiger partial charge in [0.05, 0.1) is 12.1 Å². The van der Waals surface area contributed by atoms with Gasteiger partial charge >= 0.3 is 5.69 Å². The summed E-state index contributed by atoms with van der Waals surface area (Å²) in [5.41, 5.74) is 3.11. The van der Waals surface area contributed by atoms with E-state index >= 15 is 0 Å². The van der Waals surface area contributed by atoms with Crippen LogP contribution in [0.2, 0.25) is 0 Å². The monoisotopic (exact) mass is 340 g/mol. The predicted octanol–water partition coefficient (Wildman–Crippen LogP) is 1.95. The quantitative estimate of drug-likeness (QED) is 0.571. The zero-order chi connectivity index (χ0) is 16.8. The van der Waals surface area contributed by atoms with Gasteiger partial charge in [0.1, 0.15) is 5.69 Å². The number of nitrogens with zero attached hydrogens (tertiary/aromatic N) is 6. The van der Waals surface area contributed by atoms with Crippen LogP contribution in [0.3, 0.4) is 0 Å². The zero-order valence-corrected chi connectivity index (χ0v) is 14.4. The van der Waals surface area contributed by atoms with Gasteiger partial charge in [-0.1, -0.05) is 5.21 Å². The normalized spacial score (nSPS) is 11.5. The Bertz CT molecular complexity index is 1100. The van der Waals surface area contributed by atoms with Crippen LogP contribution in [-0.2, 0) is 20.6 Å². The minimum atomic E-state index is -0.109. The van der Waals surface area contributed by atoms with E-state index in [4.69, 9.17) is 0 Å². The van der Waals surface area contributed by atoms with E-state index in [0.717, 1.165) is 21.7 Å². The molecule has 4 aromatic rings. The smallest absolute Gasteiger partial charge is 0.284 e. The molecule has 0 aliphatic rings. The fourth-order valence-corrected chi connectivity index (χ4v) is 3.63. The topological polar surface area (TPSA) is 70.5 Å². The minimum Gasteiger partial charge on any atom is -0.284 e. The zero-order valence-electron chi connectivity index (χ0n) is 13.6. The number of aryl methyl sites for hydroxylation is 3. The second-order valence-electron chi connectivity index (χ2n) is 5.79. The van der Waals surface area contributed by atoms with E-state index < -0.39 is 0 Å². The molecule has 0 saturated heterocycles. The van der Waals surface area contributed by atoms with Crippen LogP contribution in [0.15, 0.2) is 35.4 Å². The first kappa shape index (κ1) is 14.8. The Morgan fingerprint density at radius 3 is 2.75 bits per heavy atom. The van der Waals surface area contributed by atoms with E-state index in [2.05, 4.69) is 34.4 Å². The fraction of sp³-hybridized carbons (Fsp3) is 0.250. The fourth-order valence-electron chi connectivity index (χ4n) is 2.78. The van der Waals surface area contributed by atoms with Gasteiger partial charge in [0.25, 0.3) is 0 Å². The van der Waals surface area contributed by atoms with Crippen LogP contribution in [0, 0.1) is 6.92 Å². The van der Waals surface area contributed by atoms with E-state index in [9.17, 15) is 4.79 Å². The molecule has 0 amide bonds. The molecule has 122 valence electrons. The van der Waals surface area contributed by atoms with Gasteiger partial charge in [0.15, 0.2) is 5.65 Å². The second-order valence-corrected chi connectivity index (χ2v) is 7.08. The second kappa shape index (κ2) is 5.41. The third-order valence-electron chi connectivity index (χ3n) is 3.97. The van der Waals surface area contributed by atoms with E-state index in [1.807, 2.05) is 18.5 Å². The first-order chi connectivity index (χ1) is 11.5. The third-order valence-corrected chi connectivity index (χ3v) is 5.02. The average molecular weight is 340 g/mol. The van der Waals surface area contributed by atoms with Gasteiger partial charge in [-0.05, 0) is 25.1 Å². The predicted molar refractivity (Wildman–Crippen MR) is 93.1 cm³/mol. The van der Waals surface area contributed by atoms with Gasteiger partial charge in [-0.3, -0.25) is 13.8 Å². The average Bonchev–Trinajstić information content (AvgIpc) is 3.24. The first-order valence-electron chi connectivity index (χ1n) is 7.50. The van der Waals surface area contributed by atoms with Crippen LogP contribution in [0.4, 0.5) is 0 Å². The summed E-state index contributed by atoms with van der Waals surface area (Å²) in [5.74, 6) is 0. The van der Waals surface area contributed by atoms with Crippen LogP contribution >= 0.6 is 11.3 Å². The van der Waals surface area contributed by atoms with Crippen LogP contribution in [0.1, 0.15) is 10.6 Å². The van der Waals surface area contributed by atoms with Crippen molar-refractivity contribution in [3.05, 3.63) is 51.6 Å². The summed E-state index contributed by atoms with van der Waals surface area (Å²) in [4.78, 5) is 19.5. The molecule has 7 nitrogen and oxygen atoms in total. The van der Waals surface area contributed by atoms with Crippen LogP contribution in [0.25, 0.3) is 21.6 Å². The van der Waals surface area contributed by atoms with Crippen LogP contribution in [-0.4, -0.2) is 29.1 Å². The number of fused-ring (bicyclic) bond motifs is 1. The summed E-state index contributed by atoms with van der Waals surface area (Å²) < 4.78 is 4.88. The van der Waals surface area contributed by atoms with E-state index in [-0.39, 0.29) is 5.69 Å². The van der Waals surface area contributed by atoms with Gasteiger partial charge in [-0.25, -0.2) is 9.78 Å². The Morgan fingerprint density at radius 1 is 1.25 bits per heavy atom. The molecule has 0 spiro atoms. The number of aromatic nitrogens is 6. The molecule has 0 N–H and O–H groups in total. The Kier molecular flexibility index (Phi) is 3.34. The number of imidazole rings is 1. The van der Waals surface area contributed by atoms with Crippen molar-refractivity contribution in [3.8, 4) is 10.4 Å². The van der Waals surface area contributed by atoms with Gasteiger partial charge in [-0.15, -0.1) is 16.4 Å². The molecule has 0 saturated carbocycles. The lowest BCUT2D eigenvalue weighted by Crippen LogP contribution is -2.22. The largest absolute Gasteiger partial charge is 0.330 e. The third kappa shape index (κ3) is 2.35. The summed E-state index contributed by atoms with van der Waals surface area (Å²) in [6.07, 6.45) is 3.63. The highest BCUT2D eigenvalue weighted by Crippen LogP contribution is 2.28. The van der Waals surface area contributed by atoms with Crippen LogP contribution in [0.5, 0.6) is 0 Å². The lowest BCUT2D eigenvalue weighted by molar-refractivity contribution is 0.702. The molecule has 4 aromatic heterocycles. The molecular weight excluding hydrogens is 324 g/mol. The molecular formula is C16H16N6OS. The van der Waals surface area contributed by atoms with E-state index in [1.54, 1.807) is 39.2 Å². The number of thiophene rings is 1. The molecule has 8 heteroatoms. The highest BCUT2D eigenvalue weighted by molar-refractivity contribution is 7.15. The van der Waals surface area contributed by atoms with Crippen molar-refractivity contribution in [1.29, 1.82) is 0 Å². The van der Waals surface area contributed by atoms with Crippen molar-refractivity contribution in [3.63, 3.8) is 0 Å². The van der Waals surface area contributed by atoms with E-state index in [1.165, 1.54) is 4.88 Å². The number of pyridine rings is 1. The molecule has 0 unspecified atom stereocenters. The van der Waals surface area contributed by atoms with Crippen molar-refractivity contribution in [2.24, 2.45) is 14.1 Å². The summed E-state index contributed by atoms with van der Waals surface area (Å²) in [7, 11) is 3.54. The highest BCUT2D eigenvalue weighted by Gasteiger charge is 2.15. The number of hydrogen-bond acceptors (Lipinski definition) is 5. The molecule has 0 fully saturated rings. The van der Waals surface area contributed by atoms with Crippen molar-refractivity contribution < 1.29 is 0 Å². The van der Waals surface area contributed by atoms with Gasteiger partial charge in [0, 0.05) is 41.8 Å². The maximum absolute atomic E-state index is 12.6. The molecule has 0 aromatic carbocycles. The maximum Gasteiger partial charge on any atom is 0.330 e. The van der Waals surface area contributed by atoms with E-state index in [0.29, 0.717) is 12.2 Å². The summed E-state index contributed by atoms with van der Waals surface area (Å²) in [6.45, 7) is 2.45. The summed E-state index contributed by atoms with van der Waals surface area (Å²) in [6, 6.07) is 6.18. The molecule has 0 atom stereocenters. The minimum absolute atomic E-state index is 0.109. The first-order valence-corrected chi connectivity index (χ1v) is 8.32. The lowest BCUT2D eigenvalue weighted by Gasteiger charge is -2.02. The molecule has 0 aliphatic heterocycles. The summed E-state index contributed by atoms with van der Waals surface area (Å²) in [5, 5.41) is 8.01. The summed E-state index contributed by atoms with van der Waals surface area (Å²) >= 11 is 1.71. The van der Waals surface area contributed by atoms with Crippen molar-refractivity contribution >= 4 is 22.5 Å². The van der Waals surface area contributed by atoms with Crippen LogP contribution < -0.4 is 5.69 Å². The van der Waals surface area contributed by atoms with Crippen molar-refractivity contribution in [2.45, 2.75) is 13.5 Å². The van der Waals surface area contributed by atoms with Gasteiger partial charge < -0.3 is 0 Å². The lowest BCUT2D eigenvalue weighted by atomic mass is 10.2. The standard InChI is InChI=1S/C16H16N6OS/c1-10-4-5-14(24-10)11-6-13-15(17-7-11)21(3)16(23)22(13)9-12-8-20(2)19-18-12/h4-8H,9H2,1-3H3. The van der Waals surface area contributed by atoms with Crippen molar-refractivity contribution in [1.82, 2.24) is 29.1 Å². The number of hydrogen-bond donors (Lipinski definition) is 0. The highest BCUT2D eigenvalue weighted by atomic mass is 32.1. The molecule has 0 aliphatic carbocycles.